The molecule has 2 saturated heterocycles. The van der Waals surface area contributed by atoms with Gasteiger partial charge in [0.1, 0.15) is 18.2 Å². The van der Waals surface area contributed by atoms with Crippen molar-refractivity contribution in [3.63, 3.8) is 0 Å². The van der Waals surface area contributed by atoms with Gasteiger partial charge in [0.05, 0.1) is 12.8 Å². The van der Waals surface area contributed by atoms with Gasteiger partial charge in [0.25, 0.3) is 0 Å². The highest BCUT2D eigenvalue weighted by atomic mass is 16.6. The molecule has 31 heavy (non-hydrogen) atoms. The van der Waals surface area contributed by atoms with E-state index < -0.39 is 0 Å². The lowest BCUT2D eigenvalue weighted by Crippen LogP contribution is -2.48. The average molecular weight is 422 g/mol. The molecular weight excluding hydrogens is 390 g/mol. The molecule has 1 aliphatic carbocycles. The van der Waals surface area contributed by atoms with Gasteiger partial charge >= 0.3 is 6.09 Å². The van der Waals surface area contributed by atoms with E-state index in [0.29, 0.717) is 25.6 Å². The number of carbonyl (C=O) groups excluding carboxylic acids is 1. The van der Waals surface area contributed by atoms with Crippen molar-refractivity contribution in [3.05, 3.63) is 54.2 Å². The lowest BCUT2D eigenvalue weighted by Gasteiger charge is -2.39. The highest BCUT2D eigenvalue weighted by Gasteiger charge is 2.38. The van der Waals surface area contributed by atoms with E-state index in [-0.39, 0.29) is 6.09 Å². The van der Waals surface area contributed by atoms with Crippen LogP contribution in [0.5, 0.6) is 5.75 Å². The summed E-state index contributed by atoms with van der Waals surface area (Å²) in [6.07, 6.45) is 6.30. The van der Waals surface area contributed by atoms with E-state index in [4.69, 9.17) is 9.47 Å². The smallest absolute Gasteiger partial charge is 0.415 e. The Labute approximate surface area is 184 Å². The summed E-state index contributed by atoms with van der Waals surface area (Å²) in [5.41, 5.74) is 1.53. The third-order valence-electron chi connectivity index (χ3n) is 6.77. The van der Waals surface area contributed by atoms with Crippen LogP contribution in [0.25, 0.3) is 0 Å². The largest absolute Gasteiger partial charge is 0.491 e. The number of aromatic nitrogens is 1. The molecule has 1 aromatic carbocycles. The van der Waals surface area contributed by atoms with E-state index >= 15 is 0 Å². The van der Waals surface area contributed by atoms with Crippen molar-refractivity contribution >= 4 is 11.9 Å². The summed E-state index contributed by atoms with van der Waals surface area (Å²) >= 11 is 0. The van der Waals surface area contributed by atoms with Gasteiger partial charge in [-0.3, -0.25) is 9.80 Å². The molecule has 3 fully saturated rings. The predicted octanol–water partition coefficient (Wildman–Crippen LogP) is 4.32. The summed E-state index contributed by atoms with van der Waals surface area (Å²) in [5.74, 6) is 3.93. The van der Waals surface area contributed by atoms with Crippen LogP contribution in [0.3, 0.4) is 0 Å². The number of rotatable bonds is 9. The first kappa shape index (κ1) is 20.3. The Bertz CT molecular complexity index is 867. The predicted molar refractivity (Wildman–Crippen MR) is 119 cm³/mol. The first-order valence-corrected chi connectivity index (χ1v) is 11.6. The molecule has 2 atom stereocenters. The van der Waals surface area contributed by atoms with Gasteiger partial charge in [0.2, 0.25) is 0 Å². The fraction of sp³-hybridized carbons (Fsp3) is 0.520. The summed E-state index contributed by atoms with van der Waals surface area (Å²) in [7, 11) is 0. The van der Waals surface area contributed by atoms with Gasteiger partial charge in [-0.15, -0.1) is 0 Å². The minimum absolute atomic E-state index is 0.322. The van der Waals surface area contributed by atoms with Crippen LogP contribution in [0, 0.1) is 11.8 Å². The van der Waals surface area contributed by atoms with Crippen LogP contribution in [0.1, 0.15) is 37.2 Å². The summed E-state index contributed by atoms with van der Waals surface area (Å²) in [4.78, 5) is 20.2. The Morgan fingerprint density at radius 2 is 1.97 bits per heavy atom. The minimum Gasteiger partial charge on any atom is -0.491 e. The minimum atomic E-state index is -0.322. The Morgan fingerprint density at radius 1 is 1.10 bits per heavy atom. The lowest BCUT2D eigenvalue weighted by atomic mass is 9.93. The van der Waals surface area contributed by atoms with Crippen LogP contribution in [-0.2, 0) is 4.74 Å². The van der Waals surface area contributed by atoms with Gasteiger partial charge in [0, 0.05) is 26.2 Å². The van der Waals surface area contributed by atoms with Gasteiger partial charge in [0.15, 0.2) is 0 Å². The van der Waals surface area contributed by atoms with E-state index in [1.54, 1.807) is 11.1 Å². The fourth-order valence-corrected chi connectivity index (χ4v) is 4.84. The second-order valence-corrected chi connectivity index (χ2v) is 9.04. The third kappa shape index (κ3) is 5.01. The molecule has 1 aromatic heterocycles. The standard InChI is InChI=1S/C25H31N3O3/c29-25-28(11-4-13-31-25)24-10-9-22(16-26-24)30-14-12-27-17-19(18-27)7-8-21-15-23(21)20-5-2-1-3-6-20/h1-3,5-6,9-10,16,19,21,23H,4,7-8,11-15,17-18H2/t21-,23+/m1/s1. The quantitative estimate of drug-likeness (QED) is 0.603. The number of carbonyl (C=O) groups is 1. The second kappa shape index (κ2) is 9.27. The van der Waals surface area contributed by atoms with Crippen molar-refractivity contribution in [1.82, 2.24) is 9.88 Å². The van der Waals surface area contributed by atoms with E-state index in [9.17, 15) is 4.79 Å². The number of pyridine rings is 1. The highest BCUT2D eigenvalue weighted by molar-refractivity contribution is 5.86. The Kier molecular flexibility index (Phi) is 6.07. The monoisotopic (exact) mass is 421 g/mol. The topological polar surface area (TPSA) is 54.9 Å². The van der Waals surface area contributed by atoms with Crippen LogP contribution >= 0.6 is 0 Å². The summed E-state index contributed by atoms with van der Waals surface area (Å²) in [6, 6.07) is 14.7. The molecule has 0 N–H and O–H groups in total. The van der Waals surface area contributed by atoms with E-state index in [2.05, 4.69) is 40.2 Å². The molecule has 2 aliphatic heterocycles. The fourth-order valence-electron chi connectivity index (χ4n) is 4.84. The number of likely N-dealkylation sites (tertiary alicyclic amines) is 1. The number of ether oxygens (including phenoxy) is 2. The van der Waals surface area contributed by atoms with Crippen molar-refractivity contribution in [2.45, 2.75) is 31.6 Å². The first-order valence-electron chi connectivity index (χ1n) is 11.6. The molecule has 2 aromatic rings. The Morgan fingerprint density at radius 3 is 2.74 bits per heavy atom. The normalized spacial score (nSPS) is 23.9. The number of anilines is 1. The van der Waals surface area contributed by atoms with Gasteiger partial charge < -0.3 is 9.47 Å². The molecule has 1 saturated carbocycles. The number of hydrogen-bond donors (Lipinski definition) is 0. The maximum atomic E-state index is 11.8. The van der Waals surface area contributed by atoms with Gasteiger partial charge in [-0.2, -0.15) is 0 Å². The molecule has 3 aliphatic rings. The summed E-state index contributed by atoms with van der Waals surface area (Å²) in [5, 5.41) is 0. The molecule has 1 amide bonds. The van der Waals surface area contributed by atoms with Crippen molar-refractivity contribution < 1.29 is 14.3 Å². The zero-order valence-corrected chi connectivity index (χ0v) is 18.0. The van der Waals surface area contributed by atoms with E-state index in [1.165, 1.54) is 37.9 Å². The first-order chi connectivity index (χ1) is 15.3. The van der Waals surface area contributed by atoms with Crippen LogP contribution in [0.4, 0.5) is 10.6 Å². The van der Waals surface area contributed by atoms with E-state index in [1.807, 2.05) is 12.1 Å². The zero-order chi connectivity index (χ0) is 21.0. The van der Waals surface area contributed by atoms with Crippen molar-refractivity contribution in [2.75, 3.05) is 44.3 Å². The number of cyclic esters (lactones) is 1. The van der Waals surface area contributed by atoms with Gasteiger partial charge in [-0.25, -0.2) is 9.78 Å². The molecule has 164 valence electrons. The molecule has 6 heteroatoms. The van der Waals surface area contributed by atoms with Crippen LogP contribution in [0.15, 0.2) is 48.7 Å². The second-order valence-electron chi connectivity index (χ2n) is 9.04. The Hall–Kier alpha value is -2.60. The maximum absolute atomic E-state index is 11.8. The number of nitrogens with zero attached hydrogens (tertiary/aromatic N) is 3. The molecule has 6 nitrogen and oxygen atoms in total. The molecule has 0 spiro atoms. The molecular formula is C25H31N3O3. The molecule has 0 bridgehead atoms. The lowest BCUT2D eigenvalue weighted by molar-refractivity contribution is 0.0754. The average Bonchev–Trinajstić information content (AvgIpc) is 3.56. The Balaban J connectivity index is 0.959. The number of benzene rings is 1. The van der Waals surface area contributed by atoms with Gasteiger partial charge in [-0.05, 0) is 61.1 Å². The van der Waals surface area contributed by atoms with Gasteiger partial charge in [-0.1, -0.05) is 30.3 Å². The number of hydrogen-bond acceptors (Lipinski definition) is 5. The van der Waals surface area contributed by atoms with Crippen LogP contribution in [0.2, 0.25) is 0 Å². The summed E-state index contributed by atoms with van der Waals surface area (Å²) in [6.45, 7) is 5.14. The van der Waals surface area contributed by atoms with Crippen molar-refractivity contribution in [3.8, 4) is 5.75 Å². The van der Waals surface area contributed by atoms with Crippen LogP contribution in [-0.4, -0.2) is 55.4 Å². The molecule has 3 heterocycles. The molecule has 5 rings (SSSR count). The summed E-state index contributed by atoms with van der Waals surface area (Å²) < 4.78 is 10.9. The molecule has 0 radical (unpaired) electrons. The highest BCUT2D eigenvalue weighted by Crippen LogP contribution is 2.50. The maximum Gasteiger partial charge on any atom is 0.415 e. The molecule has 0 unspecified atom stereocenters. The van der Waals surface area contributed by atoms with E-state index in [0.717, 1.165) is 36.5 Å². The number of amides is 1. The van der Waals surface area contributed by atoms with Crippen molar-refractivity contribution in [2.24, 2.45) is 11.8 Å². The van der Waals surface area contributed by atoms with Crippen molar-refractivity contribution in [1.29, 1.82) is 0 Å². The van der Waals surface area contributed by atoms with Crippen LogP contribution < -0.4 is 9.64 Å². The third-order valence-corrected chi connectivity index (χ3v) is 6.77. The SMILES string of the molecule is O=C1OCCCN1c1ccc(OCCN2CC(CC[C@@H]3C[C@H]3c3ccccc3)C2)cn1. The zero-order valence-electron chi connectivity index (χ0n) is 18.0.